The van der Waals surface area contributed by atoms with Crippen molar-refractivity contribution in [3.63, 3.8) is 0 Å². The lowest BCUT2D eigenvalue weighted by Crippen LogP contribution is -2.31. The first-order chi connectivity index (χ1) is 9.69. The monoisotopic (exact) mass is 277 g/mol. The standard InChI is InChI=1S/C16H23NO3/c17-9-15-12-5-6-14(18)16(19)13(12)8-11(20-15)7-10-3-1-2-4-10/h5-6,10-11,15,18-19H,1-4,7-9,17H2/t11-,15-/m0/s1. The smallest absolute Gasteiger partial charge is 0.161 e. The Morgan fingerprint density at radius 1 is 1.20 bits per heavy atom. The Morgan fingerprint density at radius 2 is 1.95 bits per heavy atom. The van der Waals surface area contributed by atoms with Gasteiger partial charge in [0.05, 0.1) is 12.2 Å². The fourth-order valence-corrected chi connectivity index (χ4v) is 3.68. The molecule has 0 radical (unpaired) electrons. The van der Waals surface area contributed by atoms with Crippen LogP contribution in [0.25, 0.3) is 0 Å². The Labute approximate surface area is 119 Å². The molecule has 2 aliphatic rings. The zero-order valence-corrected chi connectivity index (χ0v) is 11.7. The van der Waals surface area contributed by atoms with Gasteiger partial charge in [0, 0.05) is 18.5 Å². The van der Waals surface area contributed by atoms with Gasteiger partial charge in [-0.25, -0.2) is 0 Å². The molecule has 1 aromatic carbocycles. The van der Waals surface area contributed by atoms with Crippen molar-refractivity contribution in [2.75, 3.05) is 6.54 Å². The molecule has 4 nitrogen and oxygen atoms in total. The van der Waals surface area contributed by atoms with Crippen LogP contribution in [0.2, 0.25) is 0 Å². The van der Waals surface area contributed by atoms with E-state index in [1.165, 1.54) is 31.7 Å². The number of aromatic hydroxyl groups is 2. The normalized spacial score (nSPS) is 26.6. The number of phenolic OH excluding ortho intramolecular Hbond substituents is 2. The third kappa shape index (κ3) is 2.50. The average Bonchev–Trinajstić information content (AvgIpc) is 2.95. The first-order valence-electron chi connectivity index (χ1n) is 7.58. The van der Waals surface area contributed by atoms with Crippen molar-refractivity contribution in [3.8, 4) is 11.5 Å². The van der Waals surface area contributed by atoms with Crippen molar-refractivity contribution in [2.45, 2.75) is 50.7 Å². The summed E-state index contributed by atoms with van der Waals surface area (Å²) in [7, 11) is 0. The summed E-state index contributed by atoms with van der Waals surface area (Å²) in [4.78, 5) is 0. The van der Waals surface area contributed by atoms with E-state index in [0.717, 1.165) is 23.5 Å². The Balaban J connectivity index is 1.82. The number of benzene rings is 1. The summed E-state index contributed by atoms with van der Waals surface area (Å²) in [5.41, 5.74) is 7.54. The van der Waals surface area contributed by atoms with Crippen molar-refractivity contribution in [2.24, 2.45) is 11.7 Å². The molecule has 1 fully saturated rings. The molecule has 20 heavy (non-hydrogen) atoms. The molecule has 2 atom stereocenters. The molecule has 4 N–H and O–H groups in total. The Morgan fingerprint density at radius 3 is 2.65 bits per heavy atom. The molecule has 1 saturated carbocycles. The molecule has 1 aliphatic heterocycles. The molecule has 0 aromatic heterocycles. The number of fused-ring (bicyclic) bond motifs is 1. The molecule has 0 amide bonds. The molecule has 4 heteroatoms. The quantitative estimate of drug-likeness (QED) is 0.742. The van der Waals surface area contributed by atoms with E-state index in [1.807, 2.05) is 6.07 Å². The van der Waals surface area contributed by atoms with Crippen LogP contribution in [0.3, 0.4) is 0 Å². The maximum Gasteiger partial charge on any atom is 0.161 e. The zero-order chi connectivity index (χ0) is 14.1. The highest BCUT2D eigenvalue weighted by atomic mass is 16.5. The summed E-state index contributed by atoms with van der Waals surface area (Å²) in [6.07, 6.45) is 6.84. The van der Waals surface area contributed by atoms with Gasteiger partial charge in [-0.2, -0.15) is 0 Å². The lowest BCUT2D eigenvalue weighted by molar-refractivity contribution is -0.0325. The van der Waals surface area contributed by atoms with Crippen molar-refractivity contribution in [3.05, 3.63) is 23.3 Å². The Kier molecular flexibility index (Phi) is 3.85. The third-order valence-corrected chi connectivity index (χ3v) is 4.72. The van der Waals surface area contributed by atoms with E-state index in [9.17, 15) is 10.2 Å². The van der Waals surface area contributed by atoms with Crippen LogP contribution in [-0.2, 0) is 11.2 Å². The second-order valence-corrected chi connectivity index (χ2v) is 6.07. The van der Waals surface area contributed by atoms with Crippen molar-refractivity contribution >= 4 is 0 Å². The third-order valence-electron chi connectivity index (χ3n) is 4.72. The number of hydrogen-bond acceptors (Lipinski definition) is 4. The minimum absolute atomic E-state index is 0.000622. The summed E-state index contributed by atoms with van der Waals surface area (Å²) in [5.74, 6) is 0.682. The Hall–Kier alpha value is -1.26. The van der Waals surface area contributed by atoms with Crippen molar-refractivity contribution in [1.29, 1.82) is 0 Å². The van der Waals surface area contributed by atoms with Gasteiger partial charge in [-0.05, 0) is 24.0 Å². The van der Waals surface area contributed by atoms with Crippen LogP contribution in [0.4, 0.5) is 0 Å². The first-order valence-corrected chi connectivity index (χ1v) is 7.58. The van der Waals surface area contributed by atoms with E-state index < -0.39 is 0 Å². The lowest BCUT2D eigenvalue weighted by atomic mass is 9.88. The van der Waals surface area contributed by atoms with E-state index in [2.05, 4.69) is 0 Å². The molecule has 3 rings (SSSR count). The van der Waals surface area contributed by atoms with Crippen LogP contribution in [0.1, 0.15) is 49.3 Å². The lowest BCUT2D eigenvalue weighted by Gasteiger charge is -2.33. The number of hydrogen-bond donors (Lipinski definition) is 3. The van der Waals surface area contributed by atoms with Gasteiger partial charge in [0.2, 0.25) is 0 Å². The molecule has 0 unspecified atom stereocenters. The SMILES string of the molecule is NC[C@@H]1O[C@@H](CC2CCCC2)Cc2c1ccc(O)c2O. The van der Waals surface area contributed by atoms with E-state index in [-0.39, 0.29) is 23.7 Å². The highest BCUT2D eigenvalue weighted by Crippen LogP contribution is 2.41. The summed E-state index contributed by atoms with van der Waals surface area (Å²) in [5, 5.41) is 19.8. The zero-order valence-electron chi connectivity index (χ0n) is 11.7. The summed E-state index contributed by atoms with van der Waals surface area (Å²) in [6, 6.07) is 3.32. The minimum atomic E-state index is -0.170. The number of nitrogens with two attached hydrogens (primary N) is 1. The molecular formula is C16H23NO3. The molecule has 110 valence electrons. The summed E-state index contributed by atoms with van der Waals surface area (Å²) >= 11 is 0. The van der Waals surface area contributed by atoms with E-state index in [0.29, 0.717) is 13.0 Å². The maximum atomic E-state index is 10.1. The summed E-state index contributed by atoms with van der Waals surface area (Å²) in [6.45, 7) is 0.401. The van der Waals surface area contributed by atoms with Crippen molar-refractivity contribution in [1.82, 2.24) is 0 Å². The van der Waals surface area contributed by atoms with Crippen LogP contribution < -0.4 is 5.73 Å². The van der Waals surface area contributed by atoms with Crippen LogP contribution in [0, 0.1) is 5.92 Å². The molecule has 1 heterocycles. The minimum Gasteiger partial charge on any atom is -0.504 e. The van der Waals surface area contributed by atoms with Crippen molar-refractivity contribution < 1.29 is 14.9 Å². The van der Waals surface area contributed by atoms with Crippen LogP contribution >= 0.6 is 0 Å². The molecular weight excluding hydrogens is 254 g/mol. The molecule has 1 aromatic rings. The van der Waals surface area contributed by atoms with Gasteiger partial charge in [0.25, 0.3) is 0 Å². The molecule has 0 saturated heterocycles. The predicted molar refractivity (Wildman–Crippen MR) is 76.7 cm³/mol. The number of phenols is 2. The summed E-state index contributed by atoms with van der Waals surface area (Å²) < 4.78 is 6.10. The molecule has 0 bridgehead atoms. The second kappa shape index (κ2) is 5.62. The first kappa shape index (κ1) is 13.7. The predicted octanol–water partition coefficient (Wildman–Crippen LogP) is 2.62. The van der Waals surface area contributed by atoms with Gasteiger partial charge >= 0.3 is 0 Å². The van der Waals surface area contributed by atoms with Gasteiger partial charge in [0.15, 0.2) is 11.5 Å². The largest absolute Gasteiger partial charge is 0.504 e. The molecule has 1 aliphatic carbocycles. The maximum absolute atomic E-state index is 10.1. The number of rotatable bonds is 3. The highest BCUT2D eigenvalue weighted by Gasteiger charge is 2.31. The van der Waals surface area contributed by atoms with E-state index >= 15 is 0 Å². The van der Waals surface area contributed by atoms with E-state index in [4.69, 9.17) is 10.5 Å². The fraction of sp³-hybridized carbons (Fsp3) is 0.625. The van der Waals surface area contributed by atoms with Crippen LogP contribution in [0.15, 0.2) is 12.1 Å². The van der Waals surface area contributed by atoms with E-state index in [1.54, 1.807) is 0 Å². The van der Waals surface area contributed by atoms with Gasteiger partial charge in [0.1, 0.15) is 0 Å². The fourth-order valence-electron chi connectivity index (χ4n) is 3.68. The number of ether oxygens (including phenoxy) is 1. The van der Waals surface area contributed by atoms with Gasteiger partial charge in [-0.1, -0.05) is 31.7 Å². The van der Waals surface area contributed by atoms with Crippen LogP contribution in [-0.4, -0.2) is 22.9 Å². The highest BCUT2D eigenvalue weighted by molar-refractivity contribution is 5.50. The topological polar surface area (TPSA) is 75.7 Å². The van der Waals surface area contributed by atoms with Gasteiger partial charge in [-0.3, -0.25) is 0 Å². The Bertz CT molecular complexity index is 483. The molecule has 0 spiro atoms. The van der Waals surface area contributed by atoms with Gasteiger partial charge < -0.3 is 20.7 Å². The van der Waals surface area contributed by atoms with Crippen LogP contribution in [0.5, 0.6) is 11.5 Å². The average molecular weight is 277 g/mol. The van der Waals surface area contributed by atoms with Gasteiger partial charge in [-0.15, -0.1) is 0 Å². The second-order valence-electron chi connectivity index (χ2n) is 6.07.